The molecule has 4 aromatic heterocycles. The predicted molar refractivity (Wildman–Crippen MR) is 208 cm³/mol. The maximum Gasteiger partial charge on any atom is 0.0645 e. The monoisotopic (exact) mass is 744 g/mol. The van der Waals surface area contributed by atoms with Crippen molar-refractivity contribution in [1.29, 1.82) is 0 Å². The van der Waals surface area contributed by atoms with Crippen molar-refractivity contribution in [2.75, 3.05) is 0 Å². The predicted octanol–water partition coefficient (Wildman–Crippen LogP) is 12.2. The molecule has 0 atom stereocenters. The number of fused-ring (bicyclic) bond motifs is 10. The Labute approximate surface area is 293 Å². The molecule has 0 saturated carbocycles. The van der Waals surface area contributed by atoms with Crippen LogP contribution in [0.2, 0.25) is 0 Å². The summed E-state index contributed by atoms with van der Waals surface area (Å²) in [5.74, 6) is 0. The topological polar surface area (TPSA) is 35.6 Å². The van der Waals surface area contributed by atoms with Gasteiger partial charge < -0.3 is 9.13 Å². The van der Waals surface area contributed by atoms with E-state index in [0.717, 1.165) is 20.3 Å². The summed E-state index contributed by atoms with van der Waals surface area (Å²) in [7, 11) is 0. The van der Waals surface area contributed by atoms with E-state index in [1.54, 1.807) is 0 Å². The van der Waals surface area contributed by atoms with Crippen LogP contribution in [0.25, 0.3) is 76.5 Å². The molecule has 6 aromatic carbocycles. The molecule has 48 heavy (non-hydrogen) atoms. The van der Waals surface area contributed by atoms with Crippen molar-refractivity contribution in [2.45, 2.75) is 0 Å². The van der Waals surface area contributed by atoms with Gasteiger partial charge in [-0.3, -0.25) is 9.97 Å². The van der Waals surface area contributed by atoms with E-state index in [-0.39, 0.29) is 0 Å². The lowest BCUT2D eigenvalue weighted by atomic mass is 10.1. The van der Waals surface area contributed by atoms with Gasteiger partial charge >= 0.3 is 0 Å². The van der Waals surface area contributed by atoms with Crippen molar-refractivity contribution in [3.05, 3.63) is 167 Å². The van der Waals surface area contributed by atoms with E-state index in [1.807, 2.05) is 36.9 Å². The average molecular weight is 747 g/mol. The lowest BCUT2D eigenvalue weighted by Crippen LogP contribution is -1.95. The Bertz CT molecular complexity index is 2800. The van der Waals surface area contributed by atoms with E-state index in [1.165, 1.54) is 65.2 Å². The number of aromatic nitrogens is 4. The second-order valence-electron chi connectivity index (χ2n) is 11.8. The number of para-hydroxylation sites is 1. The van der Waals surface area contributed by atoms with E-state index in [4.69, 9.17) is 0 Å². The Morgan fingerprint density at radius 1 is 0.417 bits per heavy atom. The molecule has 0 saturated heterocycles. The van der Waals surface area contributed by atoms with Crippen LogP contribution in [0.15, 0.2) is 167 Å². The second kappa shape index (κ2) is 11.7. The zero-order valence-electron chi connectivity index (χ0n) is 25.6. The van der Waals surface area contributed by atoms with Crippen molar-refractivity contribution in [1.82, 2.24) is 19.1 Å². The fourth-order valence-electron chi connectivity index (χ4n) is 7.04. The summed E-state index contributed by atoms with van der Waals surface area (Å²) in [5.41, 5.74) is 7.01. The van der Waals surface area contributed by atoms with Gasteiger partial charge in [0.25, 0.3) is 0 Å². The number of halogens is 2. The first-order valence-electron chi connectivity index (χ1n) is 15.7. The summed E-state index contributed by atoms with van der Waals surface area (Å²) < 4.78 is 6.81. The van der Waals surface area contributed by atoms with Gasteiger partial charge in [0.05, 0.1) is 45.8 Å². The molecule has 10 rings (SSSR count). The third-order valence-corrected chi connectivity index (χ3v) is 10.2. The minimum Gasteiger partial charge on any atom is -0.307 e. The van der Waals surface area contributed by atoms with Crippen LogP contribution in [-0.4, -0.2) is 19.1 Å². The van der Waals surface area contributed by atoms with Gasteiger partial charge in [-0.2, -0.15) is 0 Å². The molecule has 4 heterocycles. The number of benzene rings is 6. The number of rotatable bonds is 2. The molecule has 0 fully saturated rings. The standard InChI is InChI=1S/C21H12Br2N2.C21H14N2/c22-13-7-8-20-17(10-13)18-11-19(23)15-5-1-2-6-16(15)21(18)25(20)14-4-3-9-24-12-14;1-2-8-17-15(6-1)11-12-19-18-9-3-4-10-20(18)23(21(17)19)16-7-5-13-22-14-16/h1-12H;1-14H. The molecule has 0 aliphatic rings. The van der Waals surface area contributed by atoms with Crippen molar-refractivity contribution < 1.29 is 0 Å². The summed E-state index contributed by atoms with van der Waals surface area (Å²) >= 11 is 7.37. The maximum absolute atomic E-state index is 4.33. The average Bonchev–Trinajstić information content (AvgIpc) is 3.66. The van der Waals surface area contributed by atoms with Crippen LogP contribution >= 0.6 is 31.9 Å². The molecule has 0 N–H and O–H groups in total. The summed E-state index contributed by atoms with van der Waals surface area (Å²) in [4.78, 5) is 8.64. The van der Waals surface area contributed by atoms with Gasteiger partial charge in [0.15, 0.2) is 0 Å². The largest absolute Gasteiger partial charge is 0.307 e. The number of pyridine rings is 2. The van der Waals surface area contributed by atoms with Crippen LogP contribution in [-0.2, 0) is 0 Å². The number of nitrogens with zero attached hydrogens (tertiary/aromatic N) is 4. The Morgan fingerprint density at radius 2 is 1.00 bits per heavy atom. The van der Waals surface area contributed by atoms with Crippen molar-refractivity contribution in [3.63, 3.8) is 0 Å². The molecule has 4 nitrogen and oxygen atoms in total. The minimum atomic E-state index is 1.07. The molecule has 0 aliphatic heterocycles. The van der Waals surface area contributed by atoms with Crippen molar-refractivity contribution >= 4 is 97.0 Å². The normalized spacial score (nSPS) is 11.5. The molecule has 0 spiro atoms. The highest BCUT2D eigenvalue weighted by Crippen LogP contribution is 2.40. The van der Waals surface area contributed by atoms with Gasteiger partial charge in [-0.25, -0.2) is 0 Å². The van der Waals surface area contributed by atoms with E-state index < -0.39 is 0 Å². The van der Waals surface area contributed by atoms with Crippen molar-refractivity contribution in [3.8, 4) is 11.4 Å². The van der Waals surface area contributed by atoms with Crippen LogP contribution < -0.4 is 0 Å². The van der Waals surface area contributed by atoms with Gasteiger partial charge in [-0.05, 0) is 65.4 Å². The molecule has 0 aliphatic carbocycles. The minimum absolute atomic E-state index is 1.07. The zero-order chi connectivity index (χ0) is 32.2. The summed E-state index contributed by atoms with van der Waals surface area (Å²) in [5, 5.41) is 9.97. The molecule has 0 amide bonds. The third-order valence-electron chi connectivity index (χ3n) is 9.05. The molecule has 10 aromatic rings. The molecular weight excluding hydrogens is 720 g/mol. The lowest BCUT2D eigenvalue weighted by Gasteiger charge is -2.10. The molecule has 0 unspecified atom stereocenters. The van der Waals surface area contributed by atoms with Crippen LogP contribution in [0.3, 0.4) is 0 Å². The first kappa shape index (κ1) is 28.9. The van der Waals surface area contributed by atoms with E-state index in [0.29, 0.717) is 0 Å². The molecular formula is C42H26Br2N4. The summed E-state index contributed by atoms with van der Waals surface area (Å²) in [6, 6.07) is 46.9. The lowest BCUT2D eigenvalue weighted by molar-refractivity contribution is 1.14. The summed E-state index contributed by atoms with van der Waals surface area (Å²) in [6.07, 6.45) is 7.46. The van der Waals surface area contributed by atoms with Crippen LogP contribution in [0.1, 0.15) is 0 Å². The van der Waals surface area contributed by atoms with Crippen LogP contribution in [0.4, 0.5) is 0 Å². The smallest absolute Gasteiger partial charge is 0.0645 e. The highest BCUT2D eigenvalue weighted by molar-refractivity contribution is 9.11. The Morgan fingerprint density at radius 3 is 1.71 bits per heavy atom. The van der Waals surface area contributed by atoms with Gasteiger partial charge in [-0.1, -0.05) is 111 Å². The van der Waals surface area contributed by atoms with Gasteiger partial charge in [-0.15, -0.1) is 0 Å². The summed E-state index contributed by atoms with van der Waals surface area (Å²) in [6.45, 7) is 0. The maximum atomic E-state index is 4.33. The number of hydrogen-bond donors (Lipinski definition) is 0. The molecule has 228 valence electrons. The van der Waals surface area contributed by atoms with E-state index in [2.05, 4.69) is 172 Å². The Kier molecular flexibility index (Phi) is 7.07. The quantitative estimate of drug-likeness (QED) is 0.177. The van der Waals surface area contributed by atoms with E-state index in [9.17, 15) is 0 Å². The third kappa shape index (κ3) is 4.63. The first-order valence-corrected chi connectivity index (χ1v) is 17.3. The van der Waals surface area contributed by atoms with Crippen LogP contribution in [0, 0.1) is 0 Å². The molecule has 6 heteroatoms. The fourth-order valence-corrected chi connectivity index (χ4v) is 7.98. The Balaban J connectivity index is 0.000000131. The van der Waals surface area contributed by atoms with E-state index >= 15 is 0 Å². The molecule has 0 radical (unpaired) electrons. The van der Waals surface area contributed by atoms with Gasteiger partial charge in [0.2, 0.25) is 0 Å². The van der Waals surface area contributed by atoms with Gasteiger partial charge in [0.1, 0.15) is 0 Å². The fraction of sp³-hybridized carbons (Fsp3) is 0. The SMILES string of the molecule is Brc1ccc2c(c1)c1cc(Br)c3ccccc3c1n2-c1cccnc1.c1cncc(-n2c3ccccc3c3ccc4ccccc4c32)c1. The zero-order valence-corrected chi connectivity index (χ0v) is 28.7. The Hall–Kier alpha value is -5.30. The van der Waals surface area contributed by atoms with Gasteiger partial charge in [0, 0.05) is 53.7 Å². The highest BCUT2D eigenvalue weighted by Gasteiger charge is 2.17. The molecule has 0 bridgehead atoms. The highest BCUT2D eigenvalue weighted by atomic mass is 79.9. The second-order valence-corrected chi connectivity index (χ2v) is 13.5. The first-order chi connectivity index (χ1) is 23.7. The number of hydrogen-bond acceptors (Lipinski definition) is 2. The van der Waals surface area contributed by atoms with Crippen molar-refractivity contribution in [2.24, 2.45) is 0 Å². The van der Waals surface area contributed by atoms with Crippen LogP contribution in [0.5, 0.6) is 0 Å².